The number of hydrogen-bond donors (Lipinski definition) is 2. The van der Waals surface area contributed by atoms with Gasteiger partial charge in [0.2, 0.25) is 5.91 Å². The van der Waals surface area contributed by atoms with Gasteiger partial charge < -0.3 is 0 Å². The third-order valence-electron chi connectivity index (χ3n) is 4.35. The van der Waals surface area contributed by atoms with E-state index in [1.807, 2.05) is 0 Å². The predicted octanol–water partition coefficient (Wildman–Crippen LogP) is 3.38. The number of nitrogens with zero attached hydrogens (tertiary/aromatic N) is 3. The first kappa shape index (κ1) is 23.7. The Morgan fingerprint density at radius 3 is 2.58 bits per heavy atom. The molecular formula is C19H14FN5O6S2. The van der Waals surface area contributed by atoms with Crippen molar-refractivity contribution in [3.8, 4) is 0 Å². The summed E-state index contributed by atoms with van der Waals surface area (Å²) in [6.07, 6.45) is 1.18. The summed E-state index contributed by atoms with van der Waals surface area (Å²) in [7, 11) is 0. The molecule has 2 N–H and O–H groups in total. The molecule has 0 saturated carbocycles. The van der Waals surface area contributed by atoms with E-state index in [9.17, 15) is 34.2 Å². The molecule has 0 aliphatic carbocycles. The summed E-state index contributed by atoms with van der Waals surface area (Å²) in [5, 5.41) is 21.9. The number of anilines is 1. The van der Waals surface area contributed by atoms with Gasteiger partial charge in [0.15, 0.2) is 0 Å². The summed E-state index contributed by atoms with van der Waals surface area (Å²) in [5.74, 6) is -1.58. The summed E-state index contributed by atoms with van der Waals surface area (Å²) in [5.41, 5.74) is 3.59. The van der Waals surface area contributed by atoms with Gasteiger partial charge in [-0.3, -0.25) is 45.6 Å². The van der Waals surface area contributed by atoms with Crippen molar-refractivity contribution in [3.05, 3.63) is 79.0 Å². The van der Waals surface area contributed by atoms with Gasteiger partial charge in [0.05, 0.1) is 20.8 Å². The Labute approximate surface area is 194 Å². The first-order valence-electron chi connectivity index (χ1n) is 9.15. The molecule has 2 amide bonds. The molecule has 1 heterocycles. The minimum atomic E-state index is -0.830. The second-order valence-corrected chi connectivity index (χ2v) is 8.17. The number of non-ortho nitro benzene ring substituents is 1. The standard InChI is InChI=1S/C19H14FN5O6S2/c20-13-4-2-1-3-11(13)9-16-18(27)23(19(32)33-16)8-7-17(26)22-21-14-6-5-12(24(28)29)10-15(14)25(30)31/h1-6,9-10,21H,7-8H2,(H,22,26). The molecule has 3 rings (SSSR count). The highest BCUT2D eigenvalue weighted by atomic mass is 32.2. The van der Waals surface area contributed by atoms with Crippen molar-refractivity contribution < 1.29 is 23.8 Å². The molecule has 2 aromatic rings. The zero-order chi connectivity index (χ0) is 24.1. The first-order chi connectivity index (χ1) is 15.7. The molecule has 33 heavy (non-hydrogen) atoms. The number of hydrogen-bond acceptors (Lipinski definition) is 9. The highest BCUT2D eigenvalue weighted by Gasteiger charge is 2.32. The van der Waals surface area contributed by atoms with E-state index in [1.165, 1.54) is 29.2 Å². The molecule has 0 bridgehead atoms. The van der Waals surface area contributed by atoms with Gasteiger partial charge in [-0.2, -0.15) is 0 Å². The van der Waals surface area contributed by atoms with Crippen LogP contribution in [0.15, 0.2) is 47.4 Å². The maximum absolute atomic E-state index is 13.8. The molecular weight excluding hydrogens is 477 g/mol. The van der Waals surface area contributed by atoms with Crippen molar-refractivity contribution in [2.75, 3.05) is 12.0 Å². The Morgan fingerprint density at radius 2 is 1.91 bits per heavy atom. The van der Waals surface area contributed by atoms with Gasteiger partial charge in [0.1, 0.15) is 15.8 Å². The van der Waals surface area contributed by atoms with E-state index in [1.54, 1.807) is 6.07 Å². The monoisotopic (exact) mass is 491 g/mol. The van der Waals surface area contributed by atoms with Crippen molar-refractivity contribution in [1.29, 1.82) is 0 Å². The number of nitrogens with one attached hydrogen (secondary N) is 2. The van der Waals surface area contributed by atoms with Crippen molar-refractivity contribution in [3.63, 3.8) is 0 Å². The summed E-state index contributed by atoms with van der Waals surface area (Å²) >= 11 is 6.15. The number of rotatable bonds is 8. The number of benzene rings is 2. The average Bonchev–Trinajstić information content (AvgIpc) is 3.04. The van der Waals surface area contributed by atoms with E-state index in [4.69, 9.17) is 12.2 Å². The number of carbonyl (C=O) groups excluding carboxylic acids is 2. The Kier molecular flexibility index (Phi) is 7.30. The largest absolute Gasteiger partial charge is 0.300 e. The number of thioether (sulfide) groups is 1. The average molecular weight is 491 g/mol. The fraction of sp³-hybridized carbons (Fsp3) is 0.105. The van der Waals surface area contributed by atoms with E-state index in [2.05, 4.69) is 10.9 Å². The van der Waals surface area contributed by atoms with Crippen LogP contribution in [0.2, 0.25) is 0 Å². The Balaban J connectivity index is 1.60. The fourth-order valence-corrected chi connectivity index (χ4v) is 4.03. The number of thiocarbonyl (C=S) groups is 1. The van der Waals surface area contributed by atoms with Gasteiger partial charge >= 0.3 is 5.69 Å². The lowest BCUT2D eigenvalue weighted by atomic mass is 10.2. The van der Waals surface area contributed by atoms with E-state index in [-0.39, 0.29) is 33.4 Å². The minimum Gasteiger partial charge on any atom is -0.292 e. The molecule has 14 heteroatoms. The molecule has 0 atom stereocenters. The molecule has 11 nitrogen and oxygen atoms in total. The quantitative estimate of drug-likeness (QED) is 0.245. The molecule has 0 unspecified atom stereocenters. The molecule has 1 aliphatic rings. The Morgan fingerprint density at radius 1 is 1.18 bits per heavy atom. The SMILES string of the molecule is O=C(CCN1C(=O)C(=Cc2ccccc2F)SC1=S)NNc1ccc([N+](=O)[O-])cc1[N+](=O)[O-]. The highest BCUT2D eigenvalue weighted by molar-refractivity contribution is 8.26. The van der Waals surface area contributed by atoms with Gasteiger partial charge in [0, 0.05) is 24.6 Å². The fourth-order valence-electron chi connectivity index (χ4n) is 2.73. The van der Waals surface area contributed by atoms with Crippen LogP contribution in [-0.4, -0.2) is 37.4 Å². The molecule has 0 radical (unpaired) electrons. The number of carbonyl (C=O) groups is 2. The number of amides is 2. The van der Waals surface area contributed by atoms with Gasteiger partial charge in [-0.05, 0) is 18.2 Å². The van der Waals surface area contributed by atoms with Crippen LogP contribution in [0, 0.1) is 26.0 Å². The predicted molar refractivity (Wildman–Crippen MR) is 122 cm³/mol. The van der Waals surface area contributed by atoms with Crippen LogP contribution in [0.4, 0.5) is 21.5 Å². The third kappa shape index (κ3) is 5.67. The number of halogens is 1. The maximum Gasteiger partial charge on any atom is 0.300 e. The van der Waals surface area contributed by atoms with Gasteiger partial charge in [0.25, 0.3) is 11.6 Å². The van der Waals surface area contributed by atoms with E-state index in [0.717, 1.165) is 30.0 Å². The summed E-state index contributed by atoms with van der Waals surface area (Å²) in [6.45, 7) is -0.0743. The van der Waals surface area contributed by atoms with Gasteiger partial charge in [-0.1, -0.05) is 42.2 Å². The van der Waals surface area contributed by atoms with Gasteiger partial charge in [-0.25, -0.2) is 4.39 Å². The molecule has 1 saturated heterocycles. The third-order valence-corrected chi connectivity index (χ3v) is 5.73. The smallest absolute Gasteiger partial charge is 0.292 e. The molecule has 1 aliphatic heterocycles. The zero-order valence-corrected chi connectivity index (χ0v) is 18.2. The van der Waals surface area contributed by atoms with Crippen molar-refractivity contribution >= 4 is 63.3 Å². The summed E-state index contributed by atoms with van der Waals surface area (Å²) in [4.78, 5) is 46.5. The van der Waals surface area contributed by atoms with Crippen LogP contribution in [0.5, 0.6) is 0 Å². The van der Waals surface area contributed by atoms with Crippen LogP contribution in [0.25, 0.3) is 6.08 Å². The van der Waals surface area contributed by atoms with Crippen LogP contribution in [-0.2, 0) is 9.59 Å². The van der Waals surface area contributed by atoms with Crippen LogP contribution < -0.4 is 10.9 Å². The minimum absolute atomic E-state index is 0.0743. The van der Waals surface area contributed by atoms with Crippen LogP contribution >= 0.6 is 24.0 Å². The normalized spacial score (nSPS) is 14.5. The van der Waals surface area contributed by atoms with Crippen molar-refractivity contribution in [2.24, 2.45) is 0 Å². The lowest BCUT2D eigenvalue weighted by Gasteiger charge is -2.14. The zero-order valence-electron chi connectivity index (χ0n) is 16.5. The highest BCUT2D eigenvalue weighted by Crippen LogP contribution is 2.33. The van der Waals surface area contributed by atoms with E-state index in [0.29, 0.717) is 0 Å². The second kappa shape index (κ2) is 10.1. The van der Waals surface area contributed by atoms with Crippen LogP contribution in [0.3, 0.4) is 0 Å². The summed E-state index contributed by atoms with van der Waals surface area (Å²) in [6, 6.07) is 8.82. The lowest BCUT2D eigenvalue weighted by Crippen LogP contribution is -2.35. The van der Waals surface area contributed by atoms with Crippen molar-refractivity contribution in [1.82, 2.24) is 10.3 Å². The topological polar surface area (TPSA) is 148 Å². The Bertz CT molecular complexity index is 1200. The van der Waals surface area contributed by atoms with Gasteiger partial charge in [-0.15, -0.1) is 0 Å². The molecule has 1 fully saturated rings. The van der Waals surface area contributed by atoms with E-state index < -0.39 is 38.9 Å². The number of hydrazine groups is 1. The second-order valence-electron chi connectivity index (χ2n) is 6.49. The summed E-state index contributed by atoms with van der Waals surface area (Å²) < 4.78 is 14.0. The number of nitro benzene ring substituents is 2. The van der Waals surface area contributed by atoms with E-state index >= 15 is 0 Å². The van der Waals surface area contributed by atoms with Crippen molar-refractivity contribution in [2.45, 2.75) is 6.42 Å². The molecule has 0 spiro atoms. The molecule has 2 aromatic carbocycles. The first-order valence-corrected chi connectivity index (χ1v) is 10.4. The molecule has 170 valence electrons. The number of nitro groups is 2. The Hall–Kier alpha value is -3.91. The maximum atomic E-state index is 13.8. The lowest BCUT2D eigenvalue weighted by molar-refractivity contribution is -0.393. The van der Waals surface area contributed by atoms with Crippen LogP contribution in [0.1, 0.15) is 12.0 Å². The molecule has 0 aromatic heterocycles.